The molecule has 1 aliphatic rings. The van der Waals surface area contributed by atoms with Crippen molar-refractivity contribution < 1.29 is 19.1 Å². The molecule has 4 rings (SSSR count). The molecule has 0 bridgehead atoms. The first-order valence-corrected chi connectivity index (χ1v) is 12.5. The van der Waals surface area contributed by atoms with Gasteiger partial charge in [0.1, 0.15) is 12.2 Å². The van der Waals surface area contributed by atoms with Crippen LogP contribution in [0, 0.1) is 3.57 Å². The highest BCUT2D eigenvalue weighted by Gasteiger charge is 2.34. The maximum Gasteiger partial charge on any atom is 0.270 e. The van der Waals surface area contributed by atoms with Crippen molar-refractivity contribution in [3.63, 3.8) is 0 Å². The van der Waals surface area contributed by atoms with Gasteiger partial charge in [-0.05, 0) is 95.3 Å². The summed E-state index contributed by atoms with van der Waals surface area (Å²) in [4.78, 5) is 27.2. The molecule has 0 saturated carbocycles. The minimum Gasteiger partial charge on any atom is -0.490 e. The van der Waals surface area contributed by atoms with E-state index in [2.05, 4.69) is 27.9 Å². The van der Waals surface area contributed by atoms with Gasteiger partial charge in [-0.25, -0.2) is 0 Å². The summed E-state index contributed by atoms with van der Waals surface area (Å²) in [5.41, 5.74) is 2.12. The lowest BCUT2D eigenvalue weighted by molar-refractivity contribution is -0.122. The van der Waals surface area contributed by atoms with Gasteiger partial charge in [0.15, 0.2) is 16.6 Å². The standard InChI is InChI=1S/C26H20ClIN2O4S/c1-2-33-22-14-17(13-21(28)23(22)34-15-16-8-10-18(27)11-9-16)12-20-24(31)29-26(35)30(25(20)32)19-6-4-3-5-7-19/h3-14H,2,15H2,1H3,(H,29,31,35)/b20-12-. The summed E-state index contributed by atoms with van der Waals surface area (Å²) >= 11 is 13.4. The number of anilines is 1. The second kappa shape index (κ2) is 11.2. The quantitative estimate of drug-likeness (QED) is 0.158. The number of amides is 2. The third-order valence-corrected chi connectivity index (χ3v) is 6.39. The van der Waals surface area contributed by atoms with Gasteiger partial charge in [-0.15, -0.1) is 0 Å². The van der Waals surface area contributed by atoms with Crippen molar-refractivity contribution in [2.45, 2.75) is 13.5 Å². The van der Waals surface area contributed by atoms with Crippen LogP contribution in [0.25, 0.3) is 6.08 Å². The SMILES string of the molecule is CCOc1cc(/C=C2/C(=O)NC(=S)N(c3ccccc3)C2=O)cc(I)c1OCc1ccc(Cl)cc1. The molecule has 1 fully saturated rings. The van der Waals surface area contributed by atoms with E-state index in [4.69, 9.17) is 33.3 Å². The van der Waals surface area contributed by atoms with Crippen LogP contribution in [0.4, 0.5) is 5.69 Å². The molecule has 3 aromatic carbocycles. The van der Waals surface area contributed by atoms with Gasteiger partial charge in [0.25, 0.3) is 11.8 Å². The van der Waals surface area contributed by atoms with Gasteiger partial charge < -0.3 is 9.47 Å². The van der Waals surface area contributed by atoms with Gasteiger partial charge in [0, 0.05) is 5.02 Å². The van der Waals surface area contributed by atoms with E-state index >= 15 is 0 Å². The second-order valence-corrected chi connectivity index (χ2v) is 9.46. The second-order valence-electron chi connectivity index (χ2n) is 7.47. The van der Waals surface area contributed by atoms with E-state index in [1.807, 2.05) is 31.2 Å². The highest BCUT2D eigenvalue weighted by molar-refractivity contribution is 14.1. The number of thiocarbonyl (C=S) groups is 1. The van der Waals surface area contributed by atoms with Crippen LogP contribution in [-0.2, 0) is 16.2 Å². The van der Waals surface area contributed by atoms with Crippen molar-refractivity contribution in [2.24, 2.45) is 0 Å². The normalized spacial score (nSPS) is 14.8. The molecule has 35 heavy (non-hydrogen) atoms. The molecule has 1 aliphatic heterocycles. The van der Waals surface area contributed by atoms with Crippen molar-refractivity contribution in [1.82, 2.24) is 5.32 Å². The van der Waals surface area contributed by atoms with Crippen LogP contribution in [0.2, 0.25) is 5.02 Å². The molecule has 2 amide bonds. The molecule has 1 N–H and O–H groups in total. The number of carbonyl (C=O) groups excluding carboxylic acids is 2. The number of nitrogens with zero attached hydrogens (tertiary/aromatic N) is 1. The monoisotopic (exact) mass is 618 g/mol. The van der Waals surface area contributed by atoms with E-state index < -0.39 is 11.8 Å². The summed E-state index contributed by atoms with van der Waals surface area (Å²) in [6.07, 6.45) is 1.53. The van der Waals surface area contributed by atoms with Gasteiger partial charge in [-0.1, -0.05) is 41.9 Å². The molecule has 1 heterocycles. The van der Waals surface area contributed by atoms with Gasteiger partial charge in [0.05, 0.1) is 15.9 Å². The lowest BCUT2D eigenvalue weighted by Crippen LogP contribution is -2.54. The molecule has 3 aromatic rings. The summed E-state index contributed by atoms with van der Waals surface area (Å²) in [5, 5.41) is 3.30. The molecule has 6 nitrogen and oxygen atoms in total. The van der Waals surface area contributed by atoms with Crippen LogP contribution in [-0.4, -0.2) is 23.5 Å². The van der Waals surface area contributed by atoms with E-state index in [-0.39, 0.29) is 10.7 Å². The van der Waals surface area contributed by atoms with Crippen LogP contribution in [0.5, 0.6) is 11.5 Å². The van der Waals surface area contributed by atoms with E-state index in [1.54, 1.807) is 42.5 Å². The van der Waals surface area contributed by atoms with E-state index in [0.717, 1.165) is 9.13 Å². The Bertz CT molecular complexity index is 1310. The van der Waals surface area contributed by atoms with Crippen molar-refractivity contribution in [3.05, 3.63) is 92.0 Å². The summed E-state index contributed by atoms with van der Waals surface area (Å²) in [6.45, 7) is 2.62. The maximum atomic E-state index is 13.2. The number of para-hydroxylation sites is 1. The van der Waals surface area contributed by atoms with Crippen molar-refractivity contribution in [1.29, 1.82) is 0 Å². The first kappa shape index (κ1) is 25.2. The van der Waals surface area contributed by atoms with Crippen LogP contribution in [0.15, 0.2) is 72.3 Å². The van der Waals surface area contributed by atoms with Gasteiger partial charge in [-0.3, -0.25) is 19.8 Å². The number of nitrogens with one attached hydrogen (secondary N) is 1. The Hall–Kier alpha value is -2.95. The van der Waals surface area contributed by atoms with Crippen LogP contribution in [0.3, 0.4) is 0 Å². The molecule has 0 atom stereocenters. The molecule has 178 valence electrons. The topological polar surface area (TPSA) is 67.9 Å². The lowest BCUT2D eigenvalue weighted by atomic mass is 10.1. The van der Waals surface area contributed by atoms with Gasteiger partial charge in [0.2, 0.25) is 0 Å². The van der Waals surface area contributed by atoms with Crippen LogP contribution < -0.4 is 19.7 Å². The number of rotatable bonds is 7. The van der Waals surface area contributed by atoms with Crippen LogP contribution in [0.1, 0.15) is 18.1 Å². The van der Waals surface area contributed by atoms with Crippen molar-refractivity contribution >= 4 is 75.1 Å². The van der Waals surface area contributed by atoms with E-state index in [0.29, 0.717) is 41.0 Å². The van der Waals surface area contributed by atoms with Gasteiger partial charge in [-0.2, -0.15) is 0 Å². The average molecular weight is 619 g/mol. The highest BCUT2D eigenvalue weighted by atomic mass is 127. The van der Waals surface area contributed by atoms with Gasteiger partial charge >= 0.3 is 0 Å². The number of halogens is 2. The Morgan fingerprint density at radius 2 is 1.77 bits per heavy atom. The molecular weight excluding hydrogens is 599 g/mol. The third kappa shape index (κ3) is 5.83. The zero-order valence-electron chi connectivity index (χ0n) is 18.6. The first-order chi connectivity index (χ1) is 16.9. The molecule has 0 aliphatic carbocycles. The predicted molar refractivity (Wildman–Crippen MR) is 149 cm³/mol. The predicted octanol–water partition coefficient (Wildman–Crippen LogP) is 5.75. The summed E-state index contributed by atoms with van der Waals surface area (Å²) in [5.74, 6) is 0.0413. The molecule has 9 heteroatoms. The highest BCUT2D eigenvalue weighted by Crippen LogP contribution is 2.36. The summed E-state index contributed by atoms with van der Waals surface area (Å²) in [6, 6.07) is 19.9. The average Bonchev–Trinajstić information content (AvgIpc) is 2.83. The third-order valence-electron chi connectivity index (χ3n) is 5.06. The Balaban J connectivity index is 1.65. The largest absolute Gasteiger partial charge is 0.490 e. The lowest BCUT2D eigenvalue weighted by Gasteiger charge is -2.28. The molecule has 0 aromatic heterocycles. The van der Waals surface area contributed by atoms with Crippen LogP contribution >= 0.6 is 46.4 Å². The van der Waals surface area contributed by atoms with Crippen molar-refractivity contribution in [2.75, 3.05) is 11.5 Å². The minimum absolute atomic E-state index is 0.0319. The zero-order valence-corrected chi connectivity index (χ0v) is 22.3. The maximum absolute atomic E-state index is 13.2. The fourth-order valence-electron chi connectivity index (χ4n) is 3.45. The Morgan fingerprint density at radius 1 is 1.06 bits per heavy atom. The summed E-state index contributed by atoms with van der Waals surface area (Å²) in [7, 11) is 0. The number of ether oxygens (including phenoxy) is 2. The number of carbonyl (C=O) groups is 2. The molecular formula is C26H20ClIN2O4S. The molecule has 0 unspecified atom stereocenters. The molecule has 0 spiro atoms. The van der Waals surface area contributed by atoms with Crippen molar-refractivity contribution in [3.8, 4) is 11.5 Å². The number of hydrogen-bond acceptors (Lipinski definition) is 5. The zero-order chi connectivity index (χ0) is 24.9. The Kier molecular flexibility index (Phi) is 8.04. The van der Waals surface area contributed by atoms with E-state index in [9.17, 15) is 9.59 Å². The fourth-order valence-corrected chi connectivity index (χ4v) is 4.63. The Morgan fingerprint density at radius 3 is 2.46 bits per heavy atom. The molecule has 0 radical (unpaired) electrons. The smallest absolute Gasteiger partial charge is 0.270 e. The summed E-state index contributed by atoms with van der Waals surface area (Å²) < 4.78 is 12.6. The fraction of sp³-hybridized carbons (Fsp3) is 0.115. The number of hydrogen-bond donors (Lipinski definition) is 1. The van der Waals surface area contributed by atoms with E-state index in [1.165, 1.54) is 11.0 Å². The molecule has 1 saturated heterocycles. The number of benzene rings is 3. The Labute approximate surface area is 227 Å². The first-order valence-electron chi connectivity index (χ1n) is 10.7. The minimum atomic E-state index is -0.553.